The Morgan fingerprint density at radius 3 is 2.67 bits per heavy atom. The molecule has 1 N–H and O–H groups in total. The van der Waals surface area contributed by atoms with Crippen molar-refractivity contribution in [3.05, 3.63) is 35.6 Å². The van der Waals surface area contributed by atoms with E-state index in [1.807, 2.05) is 12.1 Å². The molecule has 0 bridgehead atoms. The molecule has 1 aromatic rings. The van der Waals surface area contributed by atoms with Gasteiger partial charge >= 0.3 is 0 Å². The highest BCUT2D eigenvalue weighted by atomic mass is 19.1. The average Bonchev–Trinajstić information content (AvgIpc) is 2.38. The minimum absolute atomic E-state index is 0.111. The normalized spacial score (nSPS) is 19.9. The Morgan fingerprint density at radius 2 is 2.00 bits per heavy atom. The van der Waals surface area contributed by atoms with Crippen molar-refractivity contribution in [2.75, 3.05) is 20.1 Å². The third-order valence-electron chi connectivity index (χ3n) is 4.04. The first-order valence-electron chi connectivity index (χ1n) is 6.82. The van der Waals surface area contributed by atoms with Crippen LogP contribution in [0.3, 0.4) is 0 Å². The standard InChI is InChI=1S/C15H23FN2/c1-12(13-7-9-18(2)10-8-13)17-11-14-5-3-4-6-15(14)16/h3-6,12-13,17H,7-11H2,1-2H3. The van der Waals surface area contributed by atoms with Crippen LogP contribution >= 0.6 is 0 Å². The summed E-state index contributed by atoms with van der Waals surface area (Å²) in [6.45, 7) is 5.20. The maximum absolute atomic E-state index is 13.5. The first kappa shape index (κ1) is 13.5. The number of nitrogens with zero attached hydrogens (tertiary/aromatic N) is 1. The van der Waals surface area contributed by atoms with Crippen molar-refractivity contribution >= 4 is 0 Å². The lowest BCUT2D eigenvalue weighted by Gasteiger charge is -2.33. The van der Waals surface area contributed by atoms with Gasteiger partial charge in [0, 0.05) is 18.2 Å². The second-order valence-electron chi connectivity index (χ2n) is 5.40. The molecule has 1 unspecified atom stereocenters. The Labute approximate surface area is 109 Å². The van der Waals surface area contributed by atoms with E-state index in [1.54, 1.807) is 6.07 Å². The van der Waals surface area contributed by atoms with Gasteiger partial charge in [-0.1, -0.05) is 18.2 Å². The van der Waals surface area contributed by atoms with E-state index < -0.39 is 0 Å². The van der Waals surface area contributed by atoms with E-state index in [0.29, 0.717) is 18.5 Å². The van der Waals surface area contributed by atoms with E-state index in [1.165, 1.54) is 32.0 Å². The van der Waals surface area contributed by atoms with Crippen LogP contribution in [-0.4, -0.2) is 31.1 Å². The van der Waals surface area contributed by atoms with Gasteiger partial charge in [0.2, 0.25) is 0 Å². The Kier molecular flexibility index (Phi) is 4.72. The number of benzene rings is 1. The van der Waals surface area contributed by atoms with Gasteiger partial charge in [0.05, 0.1) is 0 Å². The fraction of sp³-hybridized carbons (Fsp3) is 0.600. The number of nitrogens with one attached hydrogen (secondary N) is 1. The minimum atomic E-state index is -0.111. The molecule has 2 nitrogen and oxygen atoms in total. The van der Waals surface area contributed by atoms with Gasteiger partial charge in [0.25, 0.3) is 0 Å². The fourth-order valence-electron chi connectivity index (χ4n) is 2.61. The molecule has 1 fully saturated rings. The SMILES string of the molecule is CC(NCc1ccccc1F)C1CCN(C)CC1. The third kappa shape index (κ3) is 3.53. The van der Waals surface area contributed by atoms with E-state index in [4.69, 9.17) is 0 Å². The highest BCUT2D eigenvalue weighted by Gasteiger charge is 2.21. The zero-order valence-electron chi connectivity index (χ0n) is 11.3. The van der Waals surface area contributed by atoms with E-state index >= 15 is 0 Å². The second-order valence-corrected chi connectivity index (χ2v) is 5.40. The molecule has 1 aliphatic rings. The summed E-state index contributed by atoms with van der Waals surface area (Å²) < 4.78 is 13.5. The van der Waals surface area contributed by atoms with Crippen LogP contribution in [0.15, 0.2) is 24.3 Å². The highest BCUT2D eigenvalue weighted by Crippen LogP contribution is 2.20. The molecule has 3 heteroatoms. The van der Waals surface area contributed by atoms with Gasteiger partial charge in [-0.25, -0.2) is 4.39 Å². The van der Waals surface area contributed by atoms with E-state index in [0.717, 1.165) is 5.56 Å². The summed E-state index contributed by atoms with van der Waals surface area (Å²) in [5.41, 5.74) is 0.761. The Hall–Kier alpha value is -0.930. The summed E-state index contributed by atoms with van der Waals surface area (Å²) in [6, 6.07) is 7.46. The summed E-state index contributed by atoms with van der Waals surface area (Å²) in [5.74, 6) is 0.605. The first-order chi connectivity index (χ1) is 8.66. The number of piperidine rings is 1. The molecule has 1 heterocycles. The lowest BCUT2D eigenvalue weighted by atomic mass is 9.90. The molecule has 100 valence electrons. The van der Waals surface area contributed by atoms with Crippen LogP contribution in [0.5, 0.6) is 0 Å². The molecule has 1 aromatic carbocycles. The molecule has 0 aromatic heterocycles. The van der Waals surface area contributed by atoms with Crippen molar-refractivity contribution in [2.45, 2.75) is 32.4 Å². The largest absolute Gasteiger partial charge is 0.310 e. The predicted octanol–water partition coefficient (Wildman–Crippen LogP) is 2.65. The van der Waals surface area contributed by atoms with Gasteiger partial charge in [0.15, 0.2) is 0 Å². The number of hydrogen-bond donors (Lipinski definition) is 1. The molecule has 0 spiro atoms. The topological polar surface area (TPSA) is 15.3 Å². The summed E-state index contributed by atoms with van der Waals surface area (Å²) in [4.78, 5) is 2.38. The van der Waals surface area contributed by atoms with E-state index in [2.05, 4.69) is 24.2 Å². The molecule has 0 saturated carbocycles. The van der Waals surface area contributed by atoms with Crippen molar-refractivity contribution in [2.24, 2.45) is 5.92 Å². The van der Waals surface area contributed by atoms with Crippen molar-refractivity contribution < 1.29 is 4.39 Å². The molecule has 2 rings (SSSR count). The molecule has 0 aliphatic carbocycles. The van der Waals surface area contributed by atoms with E-state index in [-0.39, 0.29) is 5.82 Å². The zero-order valence-corrected chi connectivity index (χ0v) is 11.3. The molecular formula is C15H23FN2. The smallest absolute Gasteiger partial charge is 0.127 e. The van der Waals surface area contributed by atoms with Crippen molar-refractivity contribution in [3.8, 4) is 0 Å². The molecule has 1 aliphatic heterocycles. The first-order valence-corrected chi connectivity index (χ1v) is 6.82. The number of halogens is 1. The van der Waals surface area contributed by atoms with E-state index in [9.17, 15) is 4.39 Å². The van der Waals surface area contributed by atoms with Gasteiger partial charge < -0.3 is 10.2 Å². The van der Waals surface area contributed by atoms with Gasteiger partial charge in [-0.2, -0.15) is 0 Å². The van der Waals surface area contributed by atoms with Crippen molar-refractivity contribution in [1.82, 2.24) is 10.2 Å². The minimum Gasteiger partial charge on any atom is -0.310 e. The Bertz CT molecular complexity index is 373. The summed E-state index contributed by atoms with van der Waals surface area (Å²) in [7, 11) is 2.17. The van der Waals surface area contributed by atoms with Gasteiger partial charge in [-0.05, 0) is 51.9 Å². The Morgan fingerprint density at radius 1 is 1.33 bits per heavy atom. The van der Waals surface area contributed by atoms with Crippen molar-refractivity contribution in [1.29, 1.82) is 0 Å². The maximum atomic E-state index is 13.5. The van der Waals surface area contributed by atoms with Gasteiger partial charge in [0.1, 0.15) is 5.82 Å². The van der Waals surface area contributed by atoms with Crippen LogP contribution < -0.4 is 5.32 Å². The summed E-state index contributed by atoms with van der Waals surface area (Å²) in [5, 5.41) is 3.47. The number of hydrogen-bond acceptors (Lipinski definition) is 2. The maximum Gasteiger partial charge on any atom is 0.127 e. The molecule has 18 heavy (non-hydrogen) atoms. The fourth-order valence-corrected chi connectivity index (χ4v) is 2.61. The highest BCUT2D eigenvalue weighted by molar-refractivity contribution is 5.17. The molecular weight excluding hydrogens is 227 g/mol. The van der Waals surface area contributed by atoms with Crippen LogP contribution in [0.25, 0.3) is 0 Å². The second kappa shape index (κ2) is 6.30. The summed E-state index contributed by atoms with van der Waals surface area (Å²) >= 11 is 0. The van der Waals surface area contributed by atoms with Crippen LogP contribution in [0.2, 0.25) is 0 Å². The molecule has 1 saturated heterocycles. The number of rotatable bonds is 4. The summed E-state index contributed by atoms with van der Waals surface area (Å²) in [6.07, 6.45) is 2.48. The van der Waals surface area contributed by atoms with Gasteiger partial charge in [-0.15, -0.1) is 0 Å². The molecule has 0 amide bonds. The van der Waals surface area contributed by atoms with Crippen LogP contribution in [0.4, 0.5) is 4.39 Å². The van der Waals surface area contributed by atoms with Gasteiger partial charge in [-0.3, -0.25) is 0 Å². The molecule has 1 atom stereocenters. The van der Waals surface area contributed by atoms with Crippen molar-refractivity contribution in [3.63, 3.8) is 0 Å². The predicted molar refractivity (Wildman–Crippen MR) is 72.9 cm³/mol. The average molecular weight is 250 g/mol. The lowest BCUT2D eigenvalue weighted by molar-refractivity contribution is 0.189. The Balaban J connectivity index is 1.81. The zero-order chi connectivity index (χ0) is 13.0. The lowest BCUT2D eigenvalue weighted by Crippen LogP contribution is -2.40. The quantitative estimate of drug-likeness (QED) is 0.883. The number of likely N-dealkylation sites (tertiary alicyclic amines) is 1. The van der Waals surface area contributed by atoms with Crippen LogP contribution in [0.1, 0.15) is 25.3 Å². The monoisotopic (exact) mass is 250 g/mol. The van der Waals surface area contributed by atoms with Crippen LogP contribution in [-0.2, 0) is 6.54 Å². The molecule has 0 radical (unpaired) electrons. The van der Waals surface area contributed by atoms with Crippen LogP contribution in [0, 0.1) is 11.7 Å². The third-order valence-corrected chi connectivity index (χ3v) is 4.04.